The molecule has 96 valence electrons. The van der Waals surface area contributed by atoms with Gasteiger partial charge in [-0.25, -0.2) is 9.97 Å². The molecule has 0 aliphatic heterocycles. The molecular weight excluding hydrogens is 232 g/mol. The van der Waals surface area contributed by atoms with E-state index in [4.69, 9.17) is 0 Å². The summed E-state index contributed by atoms with van der Waals surface area (Å²) in [7, 11) is 0. The Hall–Kier alpha value is -0.970. The van der Waals surface area contributed by atoms with Gasteiger partial charge in [-0.1, -0.05) is 32.5 Å². The van der Waals surface area contributed by atoms with Gasteiger partial charge < -0.3 is 10.6 Å². The number of hydrogen-bond acceptors (Lipinski definition) is 5. The Bertz CT molecular complexity index is 360. The van der Waals surface area contributed by atoms with Crippen molar-refractivity contribution in [2.75, 3.05) is 30.0 Å². The van der Waals surface area contributed by atoms with Gasteiger partial charge in [-0.3, -0.25) is 0 Å². The fraction of sp³-hybridized carbons (Fsp3) is 0.667. The van der Waals surface area contributed by atoms with Crippen LogP contribution in [0.2, 0.25) is 0 Å². The number of thioether (sulfide) groups is 1. The highest BCUT2D eigenvalue weighted by Crippen LogP contribution is 2.19. The van der Waals surface area contributed by atoms with E-state index in [1.54, 1.807) is 11.8 Å². The van der Waals surface area contributed by atoms with E-state index in [-0.39, 0.29) is 5.41 Å². The molecule has 5 heteroatoms. The Morgan fingerprint density at radius 1 is 1.18 bits per heavy atom. The van der Waals surface area contributed by atoms with Gasteiger partial charge in [0.25, 0.3) is 0 Å². The third kappa shape index (κ3) is 5.26. The molecule has 4 nitrogen and oxygen atoms in total. The molecule has 0 saturated carbocycles. The largest absolute Gasteiger partial charge is 0.370 e. The third-order valence-electron chi connectivity index (χ3n) is 2.05. The average molecular weight is 254 g/mol. The summed E-state index contributed by atoms with van der Waals surface area (Å²) >= 11 is 1.55. The van der Waals surface area contributed by atoms with Crippen LogP contribution in [0.3, 0.4) is 0 Å². The van der Waals surface area contributed by atoms with Crippen molar-refractivity contribution < 1.29 is 0 Å². The van der Waals surface area contributed by atoms with Crippen LogP contribution in [0.5, 0.6) is 0 Å². The van der Waals surface area contributed by atoms with Gasteiger partial charge in [0.2, 0.25) is 0 Å². The Balaban J connectivity index is 2.79. The van der Waals surface area contributed by atoms with Gasteiger partial charge in [0.1, 0.15) is 11.6 Å². The number of nitrogens with one attached hydrogen (secondary N) is 2. The standard InChI is InChI=1S/C12H22N4S/c1-6-13-9-7-10(14-8-12(2,3)4)16-11(15-9)17-5/h7H,6,8H2,1-5H3,(H2,13,14,15,16). The topological polar surface area (TPSA) is 49.8 Å². The van der Waals surface area contributed by atoms with Crippen LogP contribution in [0.4, 0.5) is 11.6 Å². The molecule has 1 heterocycles. The highest BCUT2D eigenvalue weighted by Gasteiger charge is 2.11. The first-order valence-electron chi connectivity index (χ1n) is 5.85. The molecule has 0 saturated heterocycles. The molecule has 0 fully saturated rings. The molecule has 0 amide bonds. The minimum Gasteiger partial charge on any atom is -0.370 e. The van der Waals surface area contributed by atoms with Crippen molar-refractivity contribution in [3.8, 4) is 0 Å². The zero-order chi connectivity index (χ0) is 12.9. The van der Waals surface area contributed by atoms with Gasteiger partial charge in [0.05, 0.1) is 0 Å². The lowest BCUT2D eigenvalue weighted by atomic mass is 9.97. The number of nitrogens with zero attached hydrogens (tertiary/aromatic N) is 2. The Labute approximate surface area is 108 Å². The Morgan fingerprint density at radius 3 is 2.24 bits per heavy atom. The van der Waals surface area contributed by atoms with Crippen LogP contribution in [0.15, 0.2) is 11.2 Å². The molecule has 17 heavy (non-hydrogen) atoms. The molecule has 0 aliphatic rings. The molecule has 0 unspecified atom stereocenters. The molecule has 0 atom stereocenters. The molecular formula is C12H22N4S. The number of hydrogen-bond donors (Lipinski definition) is 2. The van der Waals surface area contributed by atoms with Crippen LogP contribution in [0, 0.1) is 5.41 Å². The van der Waals surface area contributed by atoms with Crippen LogP contribution >= 0.6 is 11.8 Å². The summed E-state index contributed by atoms with van der Waals surface area (Å²) in [5.74, 6) is 1.76. The predicted molar refractivity (Wildman–Crippen MR) is 75.9 cm³/mol. The summed E-state index contributed by atoms with van der Waals surface area (Å²) in [6.07, 6.45) is 1.98. The van der Waals surface area contributed by atoms with E-state index < -0.39 is 0 Å². The maximum absolute atomic E-state index is 4.44. The summed E-state index contributed by atoms with van der Waals surface area (Å²) in [5, 5.41) is 7.36. The first kappa shape index (κ1) is 14.1. The van der Waals surface area contributed by atoms with Gasteiger partial charge >= 0.3 is 0 Å². The van der Waals surface area contributed by atoms with Crippen molar-refractivity contribution in [2.45, 2.75) is 32.9 Å². The second-order valence-corrected chi connectivity index (χ2v) is 5.84. The quantitative estimate of drug-likeness (QED) is 0.624. The van der Waals surface area contributed by atoms with Gasteiger partial charge in [-0.05, 0) is 18.6 Å². The van der Waals surface area contributed by atoms with E-state index in [1.807, 2.05) is 12.3 Å². The van der Waals surface area contributed by atoms with Crippen molar-refractivity contribution in [3.05, 3.63) is 6.07 Å². The number of aromatic nitrogens is 2. The normalized spacial score (nSPS) is 11.4. The molecule has 1 aromatic heterocycles. The van der Waals surface area contributed by atoms with Crippen molar-refractivity contribution in [3.63, 3.8) is 0 Å². The third-order valence-corrected chi connectivity index (χ3v) is 2.59. The maximum Gasteiger partial charge on any atom is 0.191 e. The van der Waals surface area contributed by atoms with Crippen LogP contribution in [0.25, 0.3) is 0 Å². The SMILES string of the molecule is CCNc1cc(NCC(C)(C)C)nc(SC)n1. The minimum absolute atomic E-state index is 0.239. The fourth-order valence-electron chi connectivity index (χ4n) is 1.23. The molecule has 0 radical (unpaired) electrons. The average Bonchev–Trinajstić information content (AvgIpc) is 2.25. The first-order chi connectivity index (χ1) is 7.94. The van der Waals surface area contributed by atoms with Gasteiger partial charge in [0.15, 0.2) is 5.16 Å². The minimum atomic E-state index is 0.239. The summed E-state index contributed by atoms with van der Waals surface area (Å²) in [4.78, 5) is 8.82. The van der Waals surface area contributed by atoms with E-state index >= 15 is 0 Å². The van der Waals surface area contributed by atoms with Crippen molar-refractivity contribution in [1.82, 2.24) is 9.97 Å². The molecule has 0 spiro atoms. The van der Waals surface area contributed by atoms with Crippen molar-refractivity contribution >= 4 is 23.4 Å². The molecule has 0 aliphatic carbocycles. The summed E-state index contributed by atoms with van der Waals surface area (Å²) in [6.45, 7) is 10.4. The van der Waals surface area contributed by atoms with Crippen molar-refractivity contribution in [2.24, 2.45) is 5.41 Å². The molecule has 0 bridgehead atoms. The Morgan fingerprint density at radius 2 is 1.76 bits per heavy atom. The van der Waals surface area contributed by atoms with Crippen LogP contribution in [-0.4, -0.2) is 29.3 Å². The molecule has 2 N–H and O–H groups in total. The lowest BCUT2D eigenvalue weighted by Crippen LogP contribution is -2.20. The second kappa shape index (κ2) is 6.10. The monoisotopic (exact) mass is 254 g/mol. The smallest absolute Gasteiger partial charge is 0.191 e. The lowest BCUT2D eigenvalue weighted by molar-refractivity contribution is 0.442. The summed E-state index contributed by atoms with van der Waals surface area (Å²) in [6, 6.07) is 1.95. The summed E-state index contributed by atoms with van der Waals surface area (Å²) < 4.78 is 0. The van der Waals surface area contributed by atoms with Gasteiger partial charge in [-0.15, -0.1) is 0 Å². The van der Waals surface area contributed by atoms with Crippen LogP contribution in [-0.2, 0) is 0 Å². The molecule has 1 aromatic rings. The number of rotatable bonds is 5. The Kier molecular flexibility index (Phi) is 5.05. The molecule has 1 rings (SSSR count). The van der Waals surface area contributed by atoms with E-state index in [9.17, 15) is 0 Å². The maximum atomic E-state index is 4.44. The van der Waals surface area contributed by atoms with E-state index in [2.05, 4.69) is 48.3 Å². The molecule has 0 aromatic carbocycles. The highest BCUT2D eigenvalue weighted by molar-refractivity contribution is 7.98. The fourth-order valence-corrected chi connectivity index (χ4v) is 1.61. The predicted octanol–water partition coefficient (Wildman–Crippen LogP) is 3.09. The zero-order valence-corrected chi connectivity index (χ0v) is 12.1. The van der Waals surface area contributed by atoms with E-state index in [0.29, 0.717) is 0 Å². The lowest BCUT2D eigenvalue weighted by Gasteiger charge is -2.19. The first-order valence-corrected chi connectivity index (χ1v) is 7.08. The zero-order valence-electron chi connectivity index (χ0n) is 11.3. The highest BCUT2D eigenvalue weighted by atomic mass is 32.2. The second-order valence-electron chi connectivity index (χ2n) is 5.07. The van der Waals surface area contributed by atoms with E-state index in [0.717, 1.165) is 29.9 Å². The van der Waals surface area contributed by atoms with Crippen LogP contribution < -0.4 is 10.6 Å². The van der Waals surface area contributed by atoms with Crippen molar-refractivity contribution in [1.29, 1.82) is 0 Å². The van der Waals surface area contributed by atoms with Gasteiger partial charge in [0, 0.05) is 19.2 Å². The van der Waals surface area contributed by atoms with E-state index in [1.165, 1.54) is 0 Å². The van der Waals surface area contributed by atoms with Crippen LogP contribution in [0.1, 0.15) is 27.7 Å². The van der Waals surface area contributed by atoms with Gasteiger partial charge in [-0.2, -0.15) is 0 Å². The summed E-state index contributed by atoms with van der Waals surface area (Å²) in [5.41, 5.74) is 0.239. The number of anilines is 2.